The van der Waals surface area contributed by atoms with Crippen molar-refractivity contribution in [2.75, 3.05) is 21.3 Å². The second-order valence-electron chi connectivity index (χ2n) is 3.35. The number of hydrogen-bond donors (Lipinski definition) is 0. The summed E-state index contributed by atoms with van der Waals surface area (Å²) in [5.74, 6) is -0.511. The summed E-state index contributed by atoms with van der Waals surface area (Å²) >= 11 is 0. The number of methoxy groups -OCH3 is 3. The summed E-state index contributed by atoms with van der Waals surface area (Å²) in [6, 6.07) is 0. The van der Waals surface area contributed by atoms with E-state index in [9.17, 15) is 4.79 Å². The van der Waals surface area contributed by atoms with E-state index in [2.05, 4.69) is 0 Å². The molecule has 3 unspecified atom stereocenters. The van der Waals surface area contributed by atoms with Crippen LogP contribution in [0.1, 0.15) is 20.3 Å². The molecule has 0 rings (SSSR count). The highest BCUT2D eigenvalue weighted by molar-refractivity contribution is 5.72. The van der Waals surface area contributed by atoms with Gasteiger partial charge >= 0.3 is 5.97 Å². The van der Waals surface area contributed by atoms with Crippen LogP contribution in [0, 0.1) is 5.92 Å². The molecule has 0 aromatic carbocycles. The van der Waals surface area contributed by atoms with E-state index >= 15 is 0 Å². The fourth-order valence-electron chi connectivity index (χ4n) is 1.25. The molecule has 0 spiro atoms. The van der Waals surface area contributed by atoms with Crippen molar-refractivity contribution in [1.82, 2.24) is 0 Å². The first kappa shape index (κ1) is 13.4. The molecule has 4 heteroatoms. The van der Waals surface area contributed by atoms with Gasteiger partial charge in [-0.25, -0.2) is 0 Å². The largest absolute Gasteiger partial charge is 0.469 e. The van der Waals surface area contributed by atoms with Crippen molar-refractivity contribution in [3.8, 4) is 0 Å². The Bertz CT molecular complexity index is 170. The number of hydrogen-bond acceptors (Lipinski definition) is 4. The van der Waals surface area contributed by atoms with Crippen LogP contribution in [0.15, 0.2) is 0 Å². The molecule has 0 radical (unpaired) electrons. The van der Waals surface area contributed by atoms with Crippen molar-refractivity contribution < 1.29 is 19.0 Å². The lowest BCUT2D eigenvalue weighted by atomic mass is 9.97. The predicted octanol–water partition coefficient (Wildman–Crippen LogP) is 1.24. The molecule has 3 atom stereocenters. The van der Waals surface area contributed by atoms with Crippen LogP contribution < -0.4 is 0 Å². The van der Waals surface area contributed by atoms with Crippen LogP contribution in [0.2, 0.25) is 0 Å². The van der Waals surface area contributed by atoms with Gasteiger partial charge in [-0.05, 0) is 20.3 Å². The molecule has 0 aromatic rings. The van der Waals surface area contributed by atoms with E-state index in [4.69, 9.17) is 14.2 Å². The van der Waals surface area contributed by atoms with Gasteiger partial charge in [0.15, 0.2) is 0 Å². The maximum Gasteiger partial charge on any atom is 0.311 e. The minimum Gasteiger partial charge on any atom is -0.469 e. The fourth-order valence-corrected chi connectivity index (χ4v) is 1.25. The Morgan fingerprint density at radius 3 is 2.07 bits per heavy atom. The number of carbonyl (C=O) groups excluding carboxylic acids is 1. The van der Waals surface area contributed by atoms with Crippen molar-refractivity contribution in [3.63, 3.8) is 0 Å². The molecule has 14 heavy (non-hydrogen) atoms. The van der Waals surface area contributed by atoms with E-state index < -0.39 is 0 Å². The molecule has 0 aromatic heterocycles. The highest BCUT2D eigenvalue weighted by Crippen LogP contribution is 2.17. The number of ether oxygens (including phenoxy) is 3. The Morgan fingerprint density at radius 1 is 1.14 bits per heavy atom. The van der Waals surface area contributed by atoms with Gasteiger partial charge in [0.2, 0.25) is 0 Å². The zero-order chi connectivity index (χ0) is 11.1. The predicted molar refractivity (Wildman–Crippen MR) is 53.1 cm³/mol. The lowest BCUT2D eigenvalue weighted by Crippen LogP contribution is -2.31. The van der Waals surface area contributed by atoms with Crippen LogP contribution in [0.5, 0.6) is 0 Å². The third kappa shape index (κ3) is 4.07. The summed E-state index contributed by atoms with van der Waals surface area (Å²) in [6.45, 7) is 3.77. The van der Waals surface area contributed by atoms with E-state index in [0.29, 0.717) is 6.42 Å². The average Bonchev–Trinajstić information content (AvgIpc) is 2.23. The van der Waals surface area contributed by atoms with Gasteiger partial charge in [-0.2, -0.15) is 0 Å². The molecule has 0 N–H and O–H groups in total. The van der Waals surface area contributed by atoms with Gasteiger partial charge < -0.3 is 14.2 Å². The summed E-state index contributed by atoms with van der Waals surface area (Å²) in [6.07, 6.45) is 0.481. The SMILES string of the molecule is COC(=O)C(CC(C)OC)C(C)OC. The molecule has 0 amide bonds. The summed E-state index contributed by atoms with van der Waals surface area (Å²) in [4.78, 5) is 11.4. The lowest BCUT2D eigenvalue weighted by Gasteiger charge is -2.22. The van der Waals surface area contributed by atoms with Crippen molar-refractivity contribution in [2.24, 2.45) is 5.92 Å². The average molecular weight is 204 g/mol. The van der Waals surface area contributed by atoms with Gasteiger partial charge in [-0.3, -0.25) is 4.79 Å². The van der Waals surface area contributed by atoms with Crippen LogP contribution >= 0.6 is 0 Å². The molecule has 0 fully saturated rings. The second kappa shape index (κ2) is 6.79. The van der Waals surface area contributed by atoms with Crippen molar-refractivity contribution in [2.45, 2.75) is 32.5 Å². The Labute approximate surface area is 85.5 Å². The zero-order valence-corrected chi connectivity index (χ0v) is 9.57. The highest BCUT2D eigenvalue weighted by atomic mass is 16.5. The maximum absolute atomic E-state index is 11.4. The monoisotopic (exact) mass is 204 g/mol. The Hall–Kier alpha value is -0.610. The van der Waals surface area contributed by atoms with Crippen LogP contribution in [0.3, 0.4) is 0 Å². The zero-order valence-electron chi connectivity index (χ0n) is 9.57. The molecule has 0 bridgehead atoms. The maximum atomic E-state index is 11.4. The van der Waals surface area contributed by atoms with Crippen molar-refractivity contribution >= 4 is 5.97 Å². The lowest BCUT2D eigenvalue weighted by molar-refractivity contribution is -0.151. The summed E-state index contributed by atoms with van der Waals surface area (Å²) in [5, 5.41) is 0. The number of esters is 1. The van der Waals surface area contributed by atoms with Crippen LogP contribution in [-0.2, 0) is 19.0 Å². The quantitative estimate of drug-likeness (QED) is 0.610. The molecule has 4 nitrogen and oxygen atoms in total. The van der Waals surface area contributed by atoms with Crippen LogP contribution in [0.4, 0.5) is 0 Å². The number of carbonyl (C=O) groups is 1. The minimum atomic E-state index is -0.264. The molecular formula is C10H20O4. The first-order valence-electron chi connectivity index (χ1n) is 4.70. The van der Waals surface area contributed by atoms with E-state index in [0.717, 1.165) is 0 Å². The second-order valence-corrected chi connectivity index (χ2v) is 3.35. The normalized spacial score (nSPS) is 17.2. The summed E-state index contributed by atoms with van der Waals surface area (Å²) < 4.78 is 14.9. The topological polar surface area (TPSA) is 44.8 Å². The molecule has 0 heterocycles. The minimum absolute atomic E-state index is 0.0247. The fraction of sp³-hybridized carbons (Fsp3) is 0.900. The van der Waals surface area contributed by atoms with Crippen LogP contribution in [-0.4, -0.2) is 39.5 Å². The summed E-state index contributed by atoms with van der Waals surface area (Å²) in [5.41, 5.74) is 0. The molecule has 0 aliphatic carbocycles. The van der Waals surface area contributed by atoms with E-state index in [1.165, 1.54) is 7.11 Å². The molecule has 0 aliphatic heterocycles. The Morgan fingerprint density at radius 2 is 1.71 bits per heavy atom. The first-order valence-corrected chi connectivity index (χ1v) is 4.70. The third-order valence-corrected chi connectivity index (χ3v) is 2.43. The molecule has 84 valence electrons. The van der Waals surface area contributed by atoms with Gasteiger partial charge in [0, 0.05) is 14.2 Å². The third-order valence-electron chi connectivity index (χ3n) is 2.43. The van der Waals surface area contributed by atoms with Gasteiger partial charge in [-0.15, -0.1) is 0 Å². The van der Waals surface area contributed by atoms with Gasteiger partial charge in [0.25, 0.3) is 0 Å². The standard InChI is InChI=1S/C10H20O4/c1-7(12-3)6-9(8(2)13-4)10(11)14-5/h7-9H,6H2,1-5H3. The van der Waals surface area contributed by atoms with Crippen LogP contribution in [0.25, 0.3) is 0 Å². The van der Waals surface area contributed by atoms with Gasteiger partial charge in [-0.1, -0.05) is 0 Å². The van der Waals surface area contributed by atoms with E-state index in [1.807, 2.05) is 13.8 Å². The molecule has 0 saturated heterocycles. The highest BCUT2D eigenvalue weighted by Gasteiger charge is 2.27. The Kier molecular flexibility index (Phi) is 6.49. The molecular weight excluding hydrogens is 184 g/mol. The Balaban J connectivity index is 4.31. The summed E-state index contributed by atoms with van der Waals surface area (Å²) in [7, 11) is 4.59. The first-order chi connectivity index (χ1) is 6.56. The van der Waals surface area contributed by atoms with Crippen molar-refractivity contribution in [1.29, 1.82) is 0 Å². The van der Waals surface area contributed by atoms with E-state index in [1.54, 1.807) is 14.2 Å². The van der Waals surface area contributed by atoms with E-state index in [-0.39, 0.29) is 24.1 Å². The van der Waals surface area contributed by atoms with Crippen molar-refractivity contribution in [3.05, 3.63) is 0 Å². The van der Waals surface area contributed by atoms with Gasteiger partial charge in [0.1, 0.15) is 0 Å². The molecule has 0 saturated carbocycles. The number of rotatable bonds is 6. The molecule has 0 aliphatic rings. The smallest absolute Gasteiger partial charge is 0.311 e. The van der Waals surface area contributed by atoms with Gasteiger partial charge in [0.05, 0.1) is 25.2 Å².